The molecule has 47 heavy (non-hydrogen) atoms. The molecule has 3 atom stereocenters. The van der Waals surface area contributed by atoms with Crippen LogP contribution in [0.4, 0.5) is 5.69 Å². The Morgan fingerprint density at radius 3 is 2.49 bits per heavy atom. The molecule has 0 spiro atoms. The number of carbonyl (C=O) groups excluding carboxylic acids is 4. The second kappa shape index (κ2) is 14.3. The van der Waals surface area contributed by atoms with Crippen LogP contribution in [0.15, 0.2) is 47.8 Å². The highest BCUT2D eigenvalue weighted by molar-refractivity contribution is 7.09. The molecule has 13 heteroatoms. The predicted octanol–water partition coefficient (Wildman–Crippen LogP) is 4.07. The molecule has 0 saturated carbocycles. The molecule has 5 rings (SSSR count). The highest BCUT2D eigenvalue weighted by atomic mass is 32.1. The van der Waals surface area contributed by atoms with Gasteiger partial charge < -0.3 is 29.2 Å². The number of hydrogen-bond donors (Lipinski definition) is 1. The van der Waals surface area contributed by atoms with E-state index in [1.807, 2.05) is 80.7 Å². The number of benzene rings is 2. The lowest BCUT2D eigenvalue weighted by Gasteiger charge is -2.32. The van der Waals surface area contributed by atoms with Crippen molar-refractivity contribution in [1.82, 2.24) is 24.8 Å². The molecule has 2 aromatic carbocycles. The minimum atomic E-state index is -1.69. The number of likely N-dealkylation sites (tertiary alicyclic amines) is 1. The van der Waals surface area contributed by atoms with Crippen LogP contribution in [0.3, 0.4) is 0 Å². The highest BCUT2D eigenvalue weighted by Gasteiger charge is 2.44. The lowest BCUT2D eigenvalue weighted by atomic mass is 10.0. The van der Waals surface area contributed by atoms with Crippen molar-refractivity contribution in [3.05, 3.63) is 75.5 Å². The number of aromatic nitrogens is 3. The zero-order valence-corrected chi connectivity index (χ0v) is 28.3. The lowest BCUT2D eigenvalue weighted by Crippen LogP contribution is -2.53. The summed E-state index contributed by atoms with van der Waals surface area (Å²) in [6, 6.07) is 13.7. The van der Waals surface area contributed by atoms with Crippen molar-refractivity contribution in [3.63, 3.8) is 0 Å². The third-order valence-electron chi connectivity index (χ3n) is 8.10. The van der Waals surface area contributed by atoms with E-state index in [1.54, 1.807) is 4.90 Å². The predicted molar refractivity (Wildman–Crippen MR) is 178 cm³/mol. The average Bonchev–Trinajstić information content (AvgIpc) is 3.76. The molecule has 12 nitrogen and oxygen atoms in total. The Kier molecular flexibility index (Phi) is 10.2. The number of carbonyl (C=O) groups is 4. The van der Waals surface area contributed by atoms with E-state index in [9.17, 15) is 19.2 Å². The number of aryl methyl sites for hydroxylation is 2. The molecule has 2 amide bonds. The van der Waals surface area contributed by atoms with Crippen LogP contribution in [-0.2, 0) is 41.7 Å². The number of nitrogens with zero attached hydrogens (tertiary/aromatic N) is 5. The third kappa shape index (κ3) is 7.79. The molecule has 1 saturated heterocycles. The summed E-state index contributed by atoms with van der Waals surface area (Å²) < 4.78 is 12.9. The summed E-state index contributed by atoms with van der Waals surface area (Å²) in [5.74, 6) is -2.07. The van der Waals surface area contributed by atoms with Crippen LogP contribution in [0, 0.1) is 13.8 Å². The van der Waals surface area contributed by atoms with Gasteiger partial charge in [-0.25, -0.2) is 9.97 Å². The molecule has 1 unspecified atom stereocenters. The van der Waals surface area contributed by atoms with Gasteiger partial charge >= 0.3 is 11.9 Å². The number of esters is 2. The van der Waals surface area contributed by atoms with E-state index in [1.165, 1.54) is 11.3 Å². The molecule has 248 valence electrons. The zero-order chi connectivity index (χ0) is 33.8. The Morgan fingerprint density at radius 1 is 1.02 bits per heavy atom. The number of imidazole rings is 1. The van der Waals surface area contributed by atoms with E-state index < -0.39 is 36.0 Å². The van der Waals surface area contributed by atoms with Crippen LogP contribution in [0.2, 0.25) is 0 Å². The number of rotatable bonds is 11. The van der Waals surface area contributed by atoms with Crippen LogP contribution in [0.5, 0.6) is 0 Å². The largest absolute Gasteiger partial charge is 0.448 e. The first-order chi connectivity index (χ1) is 22.4. The summed E-state index contributed by atoms with van der Waals surface area (Å²) in [5.41, 5.74) is 5.75. The van der Waals surface area contributed by atoms with Crippen LogP contribution in [0.1, 0.15) is 60.4 Å². The SMILES string of the molecule is CC(=O)O[C@@H](C(=O)NCc1nc(Cn2c(C)nc3cc(C)ccc32)cs1)[C@@H](OC(C)=O)C(=O)N1CCCC1c1cccc(N(C)C)c1. The molecule has 0 aliphatic carbocycles. The summed E-state index contributed by atoms with van der Waals surface area (Å²) in [7, 11) is 3.87. The van der Waals surface area contributed by atoms with Gasteiger partial charge in [0.15, 0.2) is 0 Å². The fourth-order valence-electron chi connectivity index (χ4n) is 5.89. The van der Waals surface area contributed by atoms with Gasteiger partial charge in [-0.05, 0) is 62.1 Å². The lowest BCUT2D eigenvalue weighted by molar-refractivity contribution is -0.178. The standard InChI is InChI=1S/C34H40N6O6S/c1-20-12-13-29-27(15-20)36-21(2)40(29)18-25-19-47-30(37-25)17-35-33(43)31(45-22(3)41)32(46-23(4)42)34(44)39-14-8-11-28(39)24-9-7-10-26(16-24)38(5)6/h7,9-10,12-13,15-16,19,28,31-32H,8,11,14,17-18H2,1-6H3,(H,35,43)/t28?,31-,32-/m1/s1. The molecule has 0 radical (unpaired) electrons. The van der Waals surface area contributed by atoms with E-state index in [-0.39, 0.29) is 12.6 Å². The molecule has 3 heterocycles. The summed E-state index contributed by atoms with van der Waals surface area (Å²) in [5, 5.41) is 5.26. The second-order valence-corrected chi connectivity index (χ2v) is 12.9. The van der Waals surface area contributed by atoms with Crippen LogP contribution >= 0.6 is 11.3 Å². The van der Waals surface area contributed by atoms with Crippen molar-refractivity contribution in [1.29, 1.82) is 0 Å². The van der Waals surface area contributed by atoms with Crippen LogP contribution < -0.4 is 10.2 Å². The topological polar surface area (TPSA) is 136 Å². The number of anilines is 1. The van der Waals surface area contributed by atoms with E-state index in [2.05, 4.69) is 19.9 Å². The molecule has 1 aliphatic heterocycles. The normalized spacial score (nSPS) is 15.7. The first-order valence-corrected chi connectivity index (χ1v) is 16.4. The van der Waals surface area contributed by atoms with Crippen molar-refractivity contribution >= 4 is 51.8 Å². The Morgan fingerprint density at radius 2 is 1.77 bits per heavy atom. The second-order valence-electron chi connectivity index (χ2n) is 11.9. The molecule has 0 bridgehead atoms. The van der Waals surface area contributed by atoms with Crippen molar-refractivity contribution in [2.75, 3.05) is 25.5 Å². The van der Waals surface area contributed by atoms with Gasteiger partial charge in [0.25, 0.3) is 11.8 Å². The number of thiazole rings is 1. The fraction of sp³-hybridized carbons (Fsp3) is 0.412. The summed E-state index contributed by atoms with van der Waals surface area (Å²) in [6.07, 6.45) is -1.94. The highest BCUT2D eigenvalue weighted by Crippen LogP contribution is 2.34. The molecule has 4 aromatic rings. The number of hydrogen-bond acceptors (Lipinski definition) is 10. The Bertz CT molecular complexity index is 1800. The third-order valence-corrected chi connectivity index (χ3v) is 9.00. The van der Waals surface area contributed by atoms with Gasteiger partial charge in [-0.15, -0.1) is 11.3 Å². The van der Waals surface area contributed by atoms with Crippen molar-refractivity contribution in [2.45, 2.75) is 71.9 Å². The molecule has 1 aliphatic rings. The van der Waals surface area contributed by atoms with E-state index in [0.29, 0.717) is 24.5 Å². The Labute approximate surface area is 277 Å². The van der Waals surface area contributed by atoms with Gasteiger partial charge in [-0.3, -0.25) is 19.2 Å². The maximum Gasteiger partial charge on any atom is 0.303 e. The summed E-state index contributed by atoms with van der Waals surface area (Å²) in [6.45, 7) is 7.18. The molecule has 2 aromatic heterocycles. The van der Waals surface area contributed by atoms with Gasteiger partial charge in [0.1, 0.15) is 10.8 Å². The molecular formula is C34H40N6O6S. The Hall–Kier alpha value is -4.78. The zero-order valence-electron chi connectivity index (χ0n) is 27.5. The van der Waals surface area contributed by atoms with Gasteiger partial charge in [-0.2, -0.15) is 0 Å². The minimum Gasteiger partial charge on any atom is -0.448 e. The van der Waals surface area contributed by atoms with E-state index in [0.717, 1.165) is 59.6 Å². The quantitative estimate of drug-likeness (QED) is 0.236. The van der Waals surface area contributed by atoms with Crippen molar-refractivity contribution in [2.24, 2.45) is 0 Å². The first kappa shape index (κ1) is 33.6. The number of ether oxygens (including phenoxy) is 2. The average molecular weight is 661 g/mol. The van der Waals surface area contributed by atoms with E-state index in [4.69, 9.17) is 9.47 Å². The van der Waals surface area contributed by atoms with E-state index >= 15 is 0 Å². The van der Waals surface area contributed by atoms with Gasteiger partial charge in [0, 0.05) is 45.6 Å². The van der Waals surface area contributed by atoms with Gasteiger partial charge in [0.2, 0.25) is 12.2 Å². The molecular weight excluding hydrogens is 620 g/mol. The summed E-state index contributed by atoms with van der Waals surface area (Å²) in [4.78, 5) is 64.9. The summed E-state index contributed by atoms with van der Waals surface area (Å²) >= 11 is 1.37. The maximum absolute atomic E-state index is 14.0. The first-order valence-electron chi connectivity index (χ1n) is 15.5. The van der Waals surface area contributed by atoms with Crippen LogP contribution in [-0.4, -0.2) is 76.0 Å². The molecule has 1 fully saturated rings. The number of nitrogens with one attached hydrogen (secondary N) is 1. The smallest absolute Gasteiger partial charge is 0.303 e. The van der Waals surface area contributed by atoms with Gasteiger partial charge in [-0.1, -0.05) is 18.2 Å². The van der Waals surface area contributed by atoms with Gasteiger partial charge in [0.05, 0.1) is 35.9 Å². The van der Waals surface area contributed by atoms with Crippen molar-refractivity contribution in [3.8, 4) is 0 Å². The fourth-order valence-corrected chi connectivity index (χ4v) is 6.62. The number of fused-ring (bicyclic) bond motifs is 1. The van der Waals surface area contributed by atoms with Crippen LogP contribution in [0.25, 0.3) is 11.0 Å². The number of amides is 2. The minimum absolute atomic E-state index is 0.0226. The maximum atomic E-state index is 14.0. The van der Waals surface area contributed by atoms with Crippen molar-refractivity contribution < 1.29 is 28.7 Å². The molecule has 1 N–H and O–H groups in total. The Balaban J connectivity index is 1.32. The monoisotopic (exact) mass is 660 g/mol.